The molecule has 0 aromatic carbocycles. The summed E-state index contributed by atoms with van der Waals surface area (Å²) in [5, 5.41) is 0.334. The van der Waals surface area contributed by atoms with Gasteiger partial charge in [0.25, 0.3) is 0 Å². The van der Waals surface area contributed by atoms with Gasteiger partial charge >= 0.3 is 0 Å². The van der Waals surface area contributed by atoms with Gasteiger partial charge in [-0.05, 0) is 149 Å². The van der Waals surface area contributed by atoms with Crippen molar-refractivity contribution in [2.24, 2.45) is 22.7 Å². The first-order valence-corrected chi connectivity index (χ1v) is 30.5. The second-order valence-electron chi connectivity index (χ2n) is 22.2. The standard InChI is InChI=1S/C47H86O4Si3/c1-20-46(14,48-32-24-30-44(11,12)51-54(21-2,22-3)23-4)40-28-27-38-37-26-25-35-33-36(49-52(16,17)42(5,6)7)34-41(50-53(18,19)43(8,9)10)47(35,15)39(37)29-31-45(38,40)13/h24-26,28,32,36,38-39,41H,20-23,27,29-31,33-34H2,1-19H3/b32-24-/t36-,38+,39+,41+,45+,46?,47+/m1/s1. The van der Waals surface area contributed by atoms with Crippen LogP contribution in [0.1, 0.15) is 149 Å². The molecule has 7 heteroatoms. The van der Waals surface area contributed by atoms with Crippen molar-refractivity contribution >= 4 is 25.0 Å². The summed E-state index contributed by atoms with van der Waals surface area (Å²) in [5.41, 5.74) is 4.29. The van der Waals surface area contributed by atoms with Gasteiger partial charge in [-0.3, -0.25) is 0 Å². The molecule has 310 valence electrons. The van der Waals surface area contributed by atoms with Crippen molar-refractivity contribution in [3.63, 3.8) is 0 Å². The van der Waals surface area contributed by atoms with Crippen molar-refractivity contribution in [1.82, 2.24) is 0 Å². The number of rotatable bonds is 15. The molecule has 4 aliphatic carbocycles. The van der Waals surface area contributed by atoms with Gasteiger partial charge in [-0.25, -0.2) is 0 Å². The van der Waals surface area contributed by atoms with Crippen LogP contribution in [0.25, 0.3) is 0 Å². The maximum absolute atomic E-state index is 7.61. The lowest BCUT2D eigenvalue weighted by molar-refractivity contribution is -0.0415. The molecule has 7 atom stereocenters. The Balaban J connectivity index is 1.61. The average molecular weight is 799 g/mol. The zero-order chi connectivity index (χ0) is 41.0. The third-order valence-corrected chi connectivity index (χ3v) is 30.3. The fourth-order valence-electron chi connectivity index (χ4n) is 10.3. The molecule has 0 bridgehead atoms. The lowest BCUT2D eigenvalue weighted by Crippen LogP contribution is -2.58. The summed E-state index contributed by atoms with van der Waals surface area (Å²) in [6, 6.07) is 3.53. The molecule has 1 unspecified atom stereocenters. The van der Waals surface area contributed by atoms with E-state index in [1.807, 2.05) is 6.26 Å². The Morgan fingerprint density at radius 3 is 1.91 bits per heavy atom. The molecule has 0 saturated heterocycles. The molecule has 4 rings (SSSR count). The predicted molar refractivity (Wildman–Crippen MR) is 241 cm³/mol. The van der Waals surface area contributed by atoms with E-state index in [0.717, 1.165) is 32.1 Å². The van der Waals surface area contributed by atoms with Crippen LogP contribution in [0.3, 0.4) is 0 Å². The fraction of sp³-hybridized carbons (Fsp3) is 0.830. The van der Waals surface area contributed by atoms with E-state index in [9.17, 15) is 0 Å². The van der Waals surface area contributed by atoms with E-state index in [4.69, 9.17) is 18.0 Å². The smallest absolute Gasteiger partial charge is 0.192 e. The third-order valence-electron chi connectivity index (χ3n) is 16.4. The minimum Gasteiger partial charge on any atom is -0.491 e. The van der Waals surface area contributed by atoms with Gasteiger partial charge in [0, 0.05) is 5.41 Å². The van der Waals surface area contributed by atoms with Gasteiger partial charge in [-0.1, -0.05) is 112 Å². The molecule has 0 amide bonds. The highest BCUT2D eigenvalue weighted by molar-refractivity contribution is 6.74. The number of hydrogen-bond acceptors (Lipinski definition) is 4. The van der Waals surface area contributed by atoms with Crippen molar-refractivity contribution in [3.05, 3.63) is 47.3 Å². The number of allylic oxidation sites excluding steroid dienone is 4. The highest BCUT2D eigenvalue weighted by Crippen LogP contribution is 2.66. The Kier molecular flexibility index (Phi) is 13.5. The second-order valence-corrected chi connectivity index (χ2v) is 36.5. The molecule has 0 spiro atoms. The van der Waals surface area contributed by atoms with Crippen molar-refractivity contribution in [3.8, 4) is 0 Å². The van der Waals surface area contributed by atoms with Crippen LogP contribution in [-0.2, 0) is 18.0 Å². The molecule has 0 radical (unpaired) electrons. The lowest BCUT2D eigenvalue weighted by atomic mass is 9.49. The van der Waals surface area contributed by atoms with Gasteiger partial charge in [-0.15, -0.1) is 0 Å². The minimum atomic E-state index is -2.06. The third kappa shape index (κ3) is 8.67. The Hall–Kier alpha value is -0.709. The zero-order valence-electron chi connectivity index (χ0n) is 38.9. The Morgan fingerprint density at radius 2 is 1.37 bits per heavy atom. The molecule has 4 aliphatic rings. The summed E-state index contributed by atoms with van der Waals surface area (Å²) in [6.07, 6.45) is 19.6. The average Bonchev–Trinajstić information content (AvgIpc) is 3.43. The monoisotopic (exact) mass is 799 g/mol. The summed E-state index contributed by atoms with van der Waals surface area (Å²) < 4.78 is 28.6. The Morgan fingerprint density at radius 1 is 0.796 bits per heavy atom. The molecule has 54 heavy (non-hydrogen) atoms. The number of hydrogen-bond donors (Lipinski definition) is 0. The van der Waals surface area contributed by atoms with Crippen molar-refractivity contribution in [1.29, 1.82) is 0 Å². The van der Waals surface area contributed by atoms with E-state index >= 15 is 0 Å². The van der Waals surface area contributed by atoms with Crippen molar-refractivity contribution < 1.29 is 18.0 Å². The molecule has 4 nitrogen and oxygen atoms in total. The molecular formula is C47H86O4Si3. The van der Waals surface area contributed by atoms with E-state index in [0.29, 0.717) is 11.8 Å². The SMILES string of the molecule is CCC(C)(O/C=C\CC(C)(C)O[Si](CC)(CC)CC)C1=CC[C@H]2C3=CC=C4C[C@@H](O[Si](C)(C)C(C)(C)C)C[C@H](O[Si](C)(C)C(C)(C)C)[C@]4(C)[C@H]3CC[C@]12C. The van der Waals surface area contributed by atoms with E-state index in [1.165, 1.54) is 36.5 Å². The lowest BCUT2D eigenvalue weighted by Gasteiger charge is -2.59. The summed E-state index contributed by atoms with van der Waals surface area (Å²) in [5.74, 6) is 0.990. The minimum absolute atomic E-state index is 0.0209. The molecule has 0 aromatic heterocycles. The first kappa shape index (κ1) is 46.0. The van der Waals surface area contributed by atoms with Crippen LogP contribution in [0, 0.1) is 22.7 Å². The van der Waals surface area contributed by atoms with Gasteiger partial charge in [-0.2, -0.15) is 0 Å². The maximum atomic E-state index is 7.61. The van der Waals surface area contributed by atoms with Gasteiger partial charge in [0.05, 0.1) is 24.1 Å². The van der Waals surface area contributed by atoms with Crippen LogP contribution in [0.15, 0.2) is 47.3 Å². The van der Waals surface area contributed by atoms with E-state index in [2.05, 4.69) is 154 Å². The van der Waals surface area contributed by atoms with Gasteiger partial charge < -0.3 is 18.0 Å². The van der Waals surface area contributed by atoms with Crippen LogP contribution in [-0.4, -0.2) is 48.4 Å². The highest BCUT2D eigenvalue weighted by atomic mass is 28.4. The topological polar surface area (TPSA) is 36.9 Å². The summed E-state index contributed by atoms with van der Waals surface area (Å²) >= 11 is 0. The van der Waals surface area contributed by atoms with Gasteiger partial charge in [0.15, 0.2) is 25.0 Å². The van der Waals surface area contributed by atoms with Crippen LogP contribution in [0.4, 0.5) is 0 Å². The summed E-state index contributed by atoms with van der Waals surface area (Å²) in [4.78, 5) is 0. The first-order chi connectivity index (χ1) is 24.6. The molecule has 2 saturated carbocycles. The maximum Gasteiger partial charge on any atom is 0.192 e. The molecule has 0 aromatic rings. The fourth-order valence-corrected chi connectivity index (χ4v) is 16.2. The van der Waals surface area contributed by atoms with Gasteiger partial charge in [0.2, 0.25) is 0 Å². The second kappa shape index (κ2) is 15.8. The van der Waals surface area contributed by atoms with Crippen molar-refractivity contribution in [2.45, 2.75) is 227 Å². The van der Waals surface area contributed by atoms with Crippen LogP contribution in [0.2, 0.25) is 54.4 Å². The van der Waals surface area contributed by atoms with Crippen LogP contribution >= 0.6 is 0 Å². The zero-order valence-corrected chi connectivity index (χ0v) is 41.9. The highest BCUT2D eigenvalue weighted by Gasteiger charge is 2.60. The summed E-state index contributed by atoms with van der Waals surface area (Å²) in [7, 11) is -5.68. The summed E-state index contributed by atoms with van der Waals surface area (Å²) in [6.45, 7) is 45.3. The largest absolute Gasteiger partial charge is 0.491 e. The number of ether oxygens (including phenoxy) is 1. The quantitative estimate of drug-likeness (QED) is 0.0939. The van der Waals surface area contributed by atoms with Gasteiger partial charge in [0.1, 0.15) is 5.60 Å². The Labute approximate surface area is 338 Å². The van der Waals surface area contributed by atoms with E-state index in [-0.39, 0.29) is 44.3 Å². The molecule has 2 fully saturated rings. The molecule has 0 heterocycles. The van der Waals surface area contributed by atoms with Crippen LogP contribution in [0.5, 0.6) is 0 Å². The molecule has 0 N–H and O–H groups in total. The normalized spacial score (nSPS) is 30.9. The Bertz CT molecular complexity index is 1450. The molecule has 0 aliphatic heterocycles. The van der Waals surface area contributed by atoms with Crippen LogP contribution < -0.4 is 0 Å². The van der Waals surface area contributed by atoms with E-state index in [1.54, 1.807) is 11.1 Å². The van der Waals surface area contributed by atoms with Crippen molar-refractivity contribution in [2.75, 3.05) is 0 Å². The first-order valence-electron chi connectivity index (χ1n) is 22.1. The number of fused-ring (bicyclic) bond motifs is 5. The van der Waals surface area contributed by atoms with E-state index < -0.39 is 25.0 Å². The molecular weight excluding hydrogens is 713 g/mol. The predicted octanol–water partition coefficient (Wildman–Crippen LogP) is 14.7.